The van der Waals surface area contributed by atoms with Gasteiger partial charge in [0.2, 0.25) is 0 Å². The van der Waals surface area contributed by atoms with E-state index in [1.165, 1.54) is 0 Å². The summed E-state index contributed by atoms with van der Waals surface area (Å²) in [6, 6.07) is 14.4. The van der Waals surface area contributed by atoms with E-state index in [9.17, 15) is 10.2 Å². The molecule has 0 heterocycles. The maximum atomic E-state index is 9.30. The van der Waals surface area contributed by atoms with Crippen molar-refractivity contribution in [3.05, 3.63) is 59.7 Å². The maximum absolute atomic E-state index is 9.30. The first kappa shape index (κ1) is 25.3. The molecule has 0 bridgehead atoms. The van der Waals surface area contributed by atoms with Gasteiger partial charge in [-0.2, -0.15) is 0 Å². The highest BCUT2D eigenvalue weighted by Gasteiger charge is 2.22. The fourth-order valence-electron chi connectivity index (χ4n) is 1.92. The second kappa shape index (κ2) is 13.3. The molecule has 0 aliphatic rings. The molecule has 0 aliphatic heterocycles. The molecule has 0 unspecified atom stereocenters. The number of hydrogen-bond acceptors (Lipinski definition) is 2. The molecule has 0 radical (unpaired) electrons. The molecule has 2 aromatic rings. The normalized spacial score (nSPS) is 9.68. The maximum Gasteiger partial charge on any atom is 0.115 e. The van der Waals surface area contributed by atoms with Crippen molar-refractivity contribution in [1.29, 1.82) is 0 Å². The van der Waals surface area contributed by atoms with Gasteiger partial charge in [0.15, 0.2) is 0 Å². The van der Waals surface area contributed by atoms with Gasteiger partial charge in [-0.3, -0.25) is 0 Å². The predicted molar refractivity (Wildman–Crippen MR) is 112 cm³/mol. The van der Waals surface area contributed by atoms with Crippen LogP contribution in [0.1, 0.15) is 73.4 Å². The number of hydrogen-bond donors (Lipinski definition) is 2. The standard InChI is InChI=1S/C15H16O2.C4H10.2C2H6/c1-15(2,11-3-7-13(16)8-4-11)12-5-9-14(17)10-6-12;1-4(2)3;2*1-2/h3-10,16-17H,1-2H3;4H,1-3H3;2*1-2H3. The monoisotopic (exact) mass is 346 g/mol. The van der Waals surface area contributed by atoms with Crippen molar-refractivity contribution in [2.75, 3.05) is 0 Å². The molecular weight excluding hydrogens is 308 g/mol. The lowest BCUT2D eigenvalue weighted by Crippen LogP contribution is -2.18. The van der Waals surface area contributed by atoms with Crippen LogP contribution in [0.15, 0.2) is 48.5 Å². The largest absolute Gasteiger partial charge is 0.508 e. The van der Waals surface area contributed by atoms with E-state index in [0.717, 1.165) is 17.0 Å². The zero-order valence-electron chi connectivity index (χ0n) is 17.6. The molecule has 2 N–H and O–H groups in total. The van der Waals surface area contributed by atoms with Crippen LogP contribution in [0.25, 0.3) is 0 Å². The number of phenolic OH excluding ortho intramolecular Hbond substituents is 2. The fraction of sp³-hybridized carbons (Fsp3) is 0.478. The van der Waals surface area contributed by atoms with E-state index in [0.29, 0.717) is 0 Å². The van der Waals surface area contributed by atoms with Crippen LogP contribution in [0, 0.1) is 5.92 Å². The molecule has 25 heavy (non-hydrogen) atoms. The Morgan fingerprint density at radius 2 is 0.800 bits per heavy atom. The summed E-state index contributed by atoms with van der Waals surface area (Å²) >= 11 is 0. The van der Waals surface area contributed by atoms with Gasteiger partial charge in [-0.15, -0.1) is 0 Å². The van der Waals surface area contributed by atoms with E-state index >= 15 is 0 Å². The van der Waals surface area contributed by atoms with Gasteiger partial charge in [-0.25, -0.2) is 0 Å². The Balaban J connectivity index is 0. The first-order valence-electron chi connectivity index (χ1n) is 9.32. The summed E-state index contributed by atoms with van der Waals surface area (Å²) in [6.45, 7) is 18.7. The summed E-state index contributed by atoms with van der Waals surface area (Å²) in [7, 11) is 0. The first-order valence-corrected chi connectivity index (χ1v) is 9.32. The van der Waals surface area contributed by atoms with Gasteiger partial charge >= 0.3 is 0 Å². The smallest absolute Gasteiger partial charge is 0.115 e. The summed E-state index contributed by atoms with van der Waals surface area (Å²) in [5, 5.41) is 18.6. The zero-order chi connectivity index (χ0) is 20.0. The Labute approximate surface area is 155 Å². The number of aromatic hydroxyl groups is 2. The molecule has 0 atom stereocenters. The zero-order valence-corrected chi connectivity index (χ0v) is 17.6. The van der Waals surface area contributed by atoms with Gasteiger partial charge in [0, 0.05) is 5.41 Å². The van der Waals surface area contributed by atoms with Crippen LogP contribution in [0.5, 0.6) is 11.5 Å². The summed E-state index contributed by atoms with van der Waals surface area (Å²) < 4.78 is 0. The molecule has 0 spiro atoms. The Bertz CT molecular complexity index is 487. The minimum absolute atomic E-state index is 0.151. The number of rotatable bonds is 2. The van der Waals surface area contributed by atoms with Gasteiger partial charge in [-0.1, -0.05) is 86.6 Å². The quantitative estimate of drug-likeness (QED) is 0.606. The molecule has 142 valence electrons. The van der Waals surface area contributed by atoms with Gasteiger partial charge in [0.25, 0.3) is 0 Å². The van der Waals surface area contributed by atoms with Crippen molar-refractivity contribution in [3.8, 4) is 11.5 Å². The van der Waals surface area contributed by atoms with E-state index in [2.05, 4.69) is 34.6 Å². The molecule has 0 fully saturated rings. The van der Waals surface area contributed by atoms with Crippen molar-refractivity contribution in [3.63, 3.8) is 0 Å². The third-order valence-electron chi connectivity index (χ3n) is 3.18. The van der Waals surface area contributed by atoms with E-state index in [-0.39, 0.29) is 16.9 Å². The number of benzene rings is 2. The van der Waals surface area contributed by atoms with E-state index in [1.807, 2.05) is 52.0 Å². The number of phenols is 2. The third-order valence-corrected chi connectivity index (χ3v) is 3.18. The molecule has 2 nitrogen and oxygen atoms in total. The first-order chi connectivity index (χ1) is 11.7. The van der Waals surface area contributed by atoms with E-state index in [4.69, 9.17) is 0 Å². The molecule has 2 rings (SSSR count). The van der Waals surface area contributed by atoms with Crippen molar-refractivity contribution in [2.24, 2.45) is 5.92 Å². The summed E-state index contributed by atoms with van der Waals surface area (Å²) in [4.78, 5) is 0. The lowest BCUT2D eigenvalue weighted by atomic mass is 9.78. The van der Waals surface area contributed by atoms with Gasteiger partial charge in [0.05, 0.1) is 0 Å². The minimum Gasteiger partial charge on any atom is -0.508 e. The molecule has 2 aromatic carbocycles. The highest BCUT2D eigenvalue weighted by Crippen LogP contribution is 2.32. The van der Waals surface area contributed by atoms with Crippen LogP contribution in [-0.2, 0) is 5.41 Å². The Morgan fingerprint density at radius 3 is 1.00 bits per heavy atom. The highest BCUT2D eigenvalue weighted by molar-refractivity contribution is 5.41. The SMILES string of the molecule is CC.CC.CC(C)(c1ccc(O)cc1)c1ccc(O)cc1.CC(C)C. The van der Waals surface area contributed by atoms with E-state index < -0.39 is 0 Å². The second-order valence-electron chi connectivity index (χ2n) is 6.45. The lowest BCUT2D eigenvalue weighted by Gasteiger charge is -2.26. The second-order valence-corrected chi connectivity index (χ2v) is 6.45. The van der Waals surface area contributed by atoms with E-state index in [1.54, 1.807) is 24.3 Å². The summed E-state index contributed by atoms with van der Waals surface area (Å²) in [5.41, 5.74) is 2.10. The Morgan fingerprint density at radius 1 is 0.600 bits per heavy atom. The topological polar surface area (TPSA) is 40.5 Å². The molecule has 0 saturated heterocycles. The molecule has 2 heteroatoms. The van der Waals surface area contributed by atoms with Crippen LogP contribution in [0.4, 0.5) is 0 Å². The Hall–Kier alpha value is -1.96. The van der Waals surface area contributed by atoms with Crippen molar-refractivity contribution in [1.82, 2.24) is 0 Å². The van der Waals surface area contributed by atoms with Crippen molar-refractivity contribution < 1.29 is 10.2 Å². The predicted octanol–water partition coefficient (Wildman–Crippen LogP) is 7.14. The summed E-state index contributed by atoms with van der Waals surface area (Å²) in [5.74, 6) is 1.38. The molecule has 0 saturated carbocycles. The molecular formula is C23H38O2. The highest BCUT2D eigenvalue weighted by atomic mass is 16.3. The van der Waals surface area contributed by atoms with Gasteiger partial charge in [-0.05, 0) is 41.3 Å². The molecule has 0 aliphatic carbocycles. The fourth-order valence-corrected chi connectivity index (χ4v) is 1.92. The van der Waals surface area contributed by atoms with Crippen LogP contribution in [-0.4, -0.2) is 10.2 Å². The van der Waals surface area contributed by atoms with Crippen LogP contribution in [0.2, 0.25) is 0 Å². The van der Waals surface area contributed by atoms with Gasteiger partial charge < -0.3 is 10.2 Å². The lowest BCUT2D eigenvalue weighted by molar-refractivity contribution is 0.474. The third kappa shape index (κ3) is 9.81. The van der Waals surface area contributed by atoms with Crippen molar-refractivity contribution >= 4 is 0 Å². The van der Waals surface area contributed by atoms with Crippen LogP contribution in [0.3, 0.4) is 0 Å². The Kier molecular flexibility index (Phi) is 13.5. The summed E-state index contributed by atoms with van der Waals surface area (Å²) in [6.07, 6.45) is 0. The average Bonchev–Trinajstić information content (AvgIpc) is 2.59. The van der Waals surface area contributed by atoms with Gasteiger partial charge in [0.1, 0.15) is 11.5 Å². The molecule has 0 aromatic heterocycles. The average molecular weight is 347 g/mol. The minimum atomic E-state index is -0.151. The van der Waals surface area contributed by atoms with Crippen molar-refractivity contribution in [2.45, 2.75) is 67.7 Å². The molecule has 0 amide bonds. The van der Waals surface area contributed by atoms with Crippen LogP contribution < -0.4 is 0 Å². The van der Waals surface area contributed by atoms with Crippen LogP contribution >= 0.6 is 0 Å².